The molecular formula is C21H28N2O5. The number of carbonyl (C=O) groups excluding carboxylic acids is 2. The zero-order valence-electron chi connectivity index (χ0n) is 16.0. The molecule has 7 heteroatoms. The summed E-state index contributed by atoms with van der Waals surface area (Å²) >= 11 is 0. The molecule has 2 N–H and O–H groups in total. The van der Waals surface area contributed by atoms with Crippen LogP contribution < -0.4 is 10.1 Å². The van der Waals surface area contributed by atoms with Crippen LogP contribution in [0.4, 0.5) is 0 Å². The number of rotatable bonds is 10. The molecule has 0 aliphatic carbocycles. The van der Waals surface area contributed by atoms with Crippen molar-refractivity contribution < 1.29 is 24.2 Å². The molecule has 0 saturated carbocycles. The van der Waals surface area contributed by atoms with Crippen LogP contribution in [0.1, 0.15) is 32.1 Å². The van der Waals surface area contributed by atoms with Crippen LogP contribution in [0.3, 0.4) is 0 Å². The van der Waals surface area contributed by atoms with E-state index in [2.05, 4.69) is 11.9 Å². The van der Waals surface area contributed by atoms with Crippen LogP contribution >= 0.6 is 0 Å². The summed E-state index contributed by atoms with van der Waals surface area (Å²) in [5.41, 5.74) is 0. The first-order valence-electron chi connectivity index (χ1n) is 9.61. The van der Waals surface area contributed by atoms with Gasteiger partial charge in [-0.2, -0.15) is 0 Å². The minimum atomic E-state index is -1.04. The Morgan fingerprint density at radius 3 is 2.54 bits per heavy atom. The van der Waals surface area contributed by atoms with Crippen molar-refractivity contribution in [3.8, 4) is 5.75 Å². The maximum absolute atomic E-state index is 12.4. The van der Waals surface area contributed by atoms with E-state index in [-0.39, 0.29) is 24.2 Å². The standard InChI is InChI=1S/C21H28N2O5/c1-2-3-9-18(21(26)27)22-20(25)16-10-13-23(14-11-16)19(24)12-15-28-17-7-5-4-6-8-17/h2,4-8,16,18H,1,3,9-15H2,(H,22,25)(H,26,27). The van der Waals surface area contributed by atoms with Crippen LogP contribution in [0.5, 0.6) is 5.75 Å². The molecule has 0 aromatic heterocycles. The van der Waals surface area contributed by atoms with E-state index >= 15 is 0 Å². The summed E-state index contributed by atoms with van der Waals surface area (Å²) in [6, 6.07) is 8.43. The molecule has 0 bridgehead atoms. The van der Waals surface area contributed by atoms with Gasteiger partial charge in [0.1, 0.15) is 11.8 Å². The van der Waals surface area contributed by atoms with Gasteiger partial charge in [0.25, 0.3) is 0 Å². The monoisotopic (exact) mass is 388 g/mol. The fourth-order valence-electron chi connectivity index (χ4n) is 3.15. The number of benzene rings is 1. The Kier molecular flexibility index (Phi) is 8.52. The van der Waals surface area contributed by atoms with E-state index < -0.39 is 12.0 Å². The van der Waals surface area contributed by atoms with Crippen LogP contribution in [-0.2, 0) is 14.4 Å². The van der Waals surface area contributed by atoms with Gasteiger partial charge in [-0.15, -0.1) is 6.58 Å². The zero-order valence-corrected chi connectivity index (χ0v) is 16.0. The van der Waals surface area contributed by atoms with Crippen LogP contribution in [0.2, 0.25) is 0 Å². The van der Waals surface area contributed by atoms with E-state index in [1.807, 2.05) is 30.3 Å². The first-order chi connectivity index (χ1) is 13.5. The number of para-hydroxylation sites is 1. The number of hydrogen-bond acceptors (Lipinski definition) is 4. The van der Waals surface area contributed by atoms with Crippen LogP contribution in [0.15, 0.2) is 43.0 Å². The highest BCUT2D eigenvalue weighted by molar-refractivity contribution is 5.85. The second kappa shape index (κ2) is 11.1. The third-order valence-electron chi connectivity index (χ3n) is 4.82. The predicted molar refractivity (Wildman–Crippen MR) is 105 cm³/mol. The zero-order chi connectivity index (χ0) is 20.4. The lowest BCUT2D eigenvalue weighted by molar-refractivity contribution is -0.143. The number of carbonyl (C=O) groups is 3. The number of piperidine rings is 1. The first kappa shape index (κ1) is 21.5. The van der Waals surface area contributed by atoms with Gasteiger partial charge in [0.15, 0.2) is 0 Å². The van der Waals surface area contributed by atoms with Crippen LogP contribution in [-0.4, -0.2) is 53.5 Å². The molecule has 1 aromatic rings. The molecule has 1 atom stereocenters. The van der Waals surface area contributed by atoms with Gasteiger partial charge < -0.3 is 20.1 Å². The van der Waals surface area contributed by atoms with Gasteiger partial charge in [0.05, 0.1) is 13.0 Å². The Labute approximate surface area is 165 Å². The van der Waals surface area contributed by atoms with Crippen molar-refractivity contribution in [3.05, 3.63) is 43.0 Å². The largest absolute Gasteiger partial charge is 0.493 e. The van der Waals surface area contributed by atoms with Crippen molar-refractivity contribution >= 4 is 17.8 Å². The number of nitrogens with zero attached hydrogens (tertiary/aromatic N) is 1. The Hall–Kier alpha value is -2.83. The number of carboxylic acids is 1. The predicted octanol–water partition coefficient (Wildman–Crippen LogP) is 2.23. The summed E-state index contributed by atoms with van der Waals surface area (Å²) in [6.45, 7) is 4.87. The lowest BCUT2D eigenvalue weighted by Gasteiger charge is -2.32. The van der Waals surface area contributed by atoms with E-state index in [9.17, 15) is 19.5 Å². The van der Waals surface area contributed by atoms with Crippen molar-refractivity contribution in [2.24, 2.45) is 5.92 Å². The van der Waals surface area contributed by atoms with Gasteiger partial charge in [-0.25, -0.2) is 4.79 Å². The van der Waals surface area contributed by atoms with E-state index in [0.717, 1.165) is 5.75 Å². The lowest BCUT2D eigenvalue weighted by Crippen LogP contribution is -2.47. The van der Waals surface area contributed by atoms with E-state index in [4.69, 9.17) is 4.74 Å². The second-order valence-electron chi connectivity index (χ2n) is 6.83. The number of allylic oxidation sites excluding steroid dienone is 1. The van der Waals surface area contributed by atoms with Crippen LogP contribution in [0.25, 0.3) is 0 Å². The molecule has 2 amide bonds. The topological polar surface area (TPSA) is 95.9 Å². The van der Waals surface area contributed by atoms with Crippen molar-refractivity contribution in [3.63, 3.8) is 0 Å². The van der Waals surface area contributed by atoms with Gasteiger partial charge in [-0.3, -0.25) is 9.59 Å². The minimum Gasteiger partial charge on any atom is -0.493 e. The molecule has 1 aliphatic rings. The summed E-state index contributed by atoms with van der Waals surface area (Å²) in [6.07, 6.45) is 3.83. The fraction of sp³-hybridized carbons (Fsp3) is 0.476. The Bertz CT molecular complexity index is 669. The quantitative estimate of drug-likeness (QED) is 0.599. The third-order valence-corrected chi connectivity index (χ3v) is 4.82. The number of likely N-dealkylation sites (tertiary alicyclic amines) is 1. The molecule has 1 aliphatic heterocycles. The molecular weight excluding hydrogens is 360 g/mol. The molecule has 1 heterocycles. The maximum atomic E-state index is 12.4. The molecule has 0 radical (unpaired) electrons. The molecule has 152 valence electrons. The third kappa shape index (κ3) is 6.72. The molecule has 1 fully saturated rings. The highest BCUT2D eigenvalue weighted by Crippen LogP contribution is 2.19. The van der Waals surface area contributed by atoms with Crippen molar-refractivity contribution in [2.45, 2.75) is 38.1 Å². The Morgan fingerprint density at radius 1 is 1.25 bits per heavy atom. The Morgan fingerprint density at radius 2 is 1.93 bits per heavy atom. The highest BCUT2D eigenvalue weighted by Gasteiger charge is 2.29. The SMILES string of the molecule is C=CCCC(NC(=O)C1CCN(C(=O)CCOc2ccccc2)CC1)C(=O)O. The van der Waals surface area contributed by atoms with Gasteiger partial charge in [-0.1, -0.05) is 24.3 Å². The first-order valence-corrected chi connectivity index (χ1v) is 9.61. The Balaban J connectivity index is 1.72. The number of carboxylic acid groups (broad SMARTS) is 1. The second-order valence-corrected chi connectivity index (χ2v) is 6.83. The minimum absolute atomic E-state index is 0.00387. The van der Waals surface area contributed by atoms with Gasteiger partial charge in [0.2, 0.25) is 11.8 Å². The lowest BCUT2D eigenvalue weighted by atomic mass is 9.95. The number of hydrogen-bond donors (Lipinski definition) is 2. The maximum Gasteiger partial charge on any atom is 0.326 e. The normalized spacial score (nSPS) is 15.5. The molecule has 1 saturated heterocycles. The van der Waals surface area contributed by atoms with Gasteiger partial charge in [-0.05, 0) is 37.8 Å². The van der Waals surface area contributed by atoms with E-state index in [0.29, 0.717) is 45.4 Å². The molecule has 1 aromatic carbocycles. The van der Waals surface area contributed by atoms with E-state index in [1.165, 1.54) is 0 Å². The number of ether oxygens (including phenoxy) is 1. The number of amides is 2. The summed E-state index contributed by atoms with van der Waals surface area (Å²) in [5, 5.41) is 11.8. The molecule has 2 rings (SSSR count). The summed E-state index contributed by atoms with van der Waals surface area (Å²) < 4.78 is 5.55. The van der Waals surface area contributed by atoms with Crippen molar-refractivity contribution in [2.75, 3.05) is 19.7 Å². The van der Waals surface area contributed by atoms with Gasteiger partial charge in [0, 0.05) is 19.0 Å². The average molecular weight is 388 g/mol. The average Bonchev–Trinajstić information content (AvgIpc) is 2.71. The molecule has 1 unspecified atom stereocenters. The summed E-state index contributed by atoms with van der Waals surface area (Å²) in [5.74, 6) is -0.827. The number of aliphatic carboxylic acids is 1. The summed E-state index contributed by atoms with van der Waals surface area (Å²) in [4.78, 5) is 37.7. The molecule has 0 spiro atoms. The molecule has 28 heavy (non-hydrogen) atoms. The number of nitrogens with one attached hydrogen (secondary N) is 1. The highest BCUT2D eigenvalue weighted by atomic mass is 16.5. The van der Waals surface area contributed by atoms with Crippen molar-refractivity contribution in [1.29, 1.82) is 0 Å². The molecule has 7 nitrogen and oxygen atoms in total. The van der Waals surface area contributed by atoms with E-state index in [1.54, 1.807) is 11.0 Å². The smallest absolute Gasteiger partial charge is 0.326 e. The van der Waals surface area contributed by atoms with Crippen molar-refractivity contribution in [1.82, 2.24) is 10.2 Å². The summed E-state index contributed by atoms with van der Waals surface area (Å²) in [7, 11) is 0. The van der Waals surface area contributed by atoms with Crippen LogP contribution in [0, 0.1) is 5.92 Å². The van der Waals surface area contributed by atoms with Gasteiger partial charge >= 0.3 is 5.97 Å². The fourth-order valence-corrected chi connectivity index (χ4v) is 3.15.